The molecule has 0 unspecified atom stereocenters. The maximum Gasteiger partial charge on any atom is 0.320 e. The van der Waals surface area contributed by atoms with Crippen LogP contribution in [0.4, 0.5) is 0 Å². The highest BCUT2D eigenvalue weighted by Crippen LogP contribution is 2.33. The van der Waals surface area contributed by atoms with Crippen LogP contribution in [0.15, 0.2) is 11.6 Å². The predicted octanol–water partition coefficient (Wildman–Crippen LogP) is 2.68. The molecule has 0 saturated heterocycles. The van der Waals surface area contributed by atoms with Crippen molar-refractivity contribution in [2.75, 3.05) is 26.3 Å². The molecule has 1 aliphatic rings. The van der Waals surface area contributed by atoms with Gasteiger partial charge in [0.2, 0.25) is 0 Å². The molecule has 0 bridgehead atoms. The summed E-state index contributed by atoms with van der Waals surface area (Å²) in [5.74, 6) is -0.194. The summed E-state index contributed by atoms with van der Waals surface area (Å²) in [5, 5.41) is 3.17. The highest BCUT2D eigenvalue weighted by molar-refractivity contribution is 5.72. The van der Waals surface area contributed by atoms with Crippen LogP contribution >= 0.6 is 0 Å². The number of carbonyl (C=O) groups is 1. The minimum absolute atomic E-state index is 0.157. The largest absolute Gasteiger partial charge is 0.459 e. The van der Waals surface area contributed by atoms with E-state index in [0.29, 0.717) is 0 Å². The molecule has 20 heavy (non-hydrogen) atoms. The Hall–Kier alpha value is -0.870. The van der Waals surface area contributed by atoms with Crippen molar-refractivity contribution in [3.63, 3.8) is 0 Å². The molecule has 0 fully saturated rings. The third-order valence-electron chi connectivity index (χ3n) is 3.45. The topological polar surface area (TPSA) is 47.6 Å². The van der Waals surface area contributed by atoms with Crippen molar-refractivity contribution in [2.24, 2.45) is 5.41 Å². The molecule has 0 amide bonds. The molecule has 0 radical (unpaired) electrons. The number of esters is 1. The first-order valence-electron chi connectivity index (χ1n) is 7.40. The summed E-state index contributed by atoms with van der Waals surface area (Å²) in [4.78, 5) is 11.6. The molecule has 1 rings (SSSR count). The normalized spacial score (nSPS) is 16.8. The zero-order valence-corrected chi connectivity index (χ0v) is 13.5. The van der Waals surface area contributed by atoms with Gasteiger partial charge in [-0.3, -0.25) is 4.79 Å². The second-order valence-electron chi connectivity index (χ2n) is 6.95. The summed E-state index contributed by atoms with van der Waals surface area (Å²) in [6.45, 7) is 12.8. The van der Waals surface area contributed by atoms with E-state index in [9.17, 15) is 4.79 Å². The monoisotopic (exact) mass is 283 g/mol. The zero-order chi connectivity index (χ0) is 15.2. The molecule has 4 nitrogen and oxygen atoms in total. The Labute approximate surface area is 122 Å². The minimum Gasteiger partial charge on any atom is -0.459 e. The first-order chi connectivity index (χ1) is 9.21. The number of hydrogen-bond donors (Lipinski definition) is 1. The first-order valence-corrected chi connectivity index (χ1v) is 7.40. The summed E-state index contributed by atoms with van der Waals surface area (Å²) in [7, 11) is 0. The van der Waals surface area contributed by atoms with Crippen LogP contribution in [-0.2, 0) is 14.3 Å². The fraction of sp³-hybridized carbons (Fsp3) is 0.812. The number of carbonyl (C=O) groups excluding carboxylic acids is 1. The molecule has 4 heteroatoms. The highest BCUT2D eigenvalue weighted by atomic mass is 16.6. The van der Waals surface area contributed by atoms with Crippen LogP contribution in [0.2, 0.25) is 0 Å². The molecule has 0 atom stereocenters. The van der Waals surface area contributed by atoms with Gasteiger partial charge in [0, 0.05) is 0 Å². The summed E-state index contributed by atoms with van der Waals surface area (Å²) < 4.78 is 10.6. The number of rotatable bonds is 6. The van der Waals surface area contributed by atoms with Gasteiger partial charge in [-0.2, -0.15) is 0 Å². The quantitative estimate of drug-likeness (QED) is 0.462. The van der Waals surface area contributed by atoms with Gasteiger partial charge in [0.25, 0.3) is 0 Å². The number of nitrogens with one attached hydrogen (secondary N) is 1. The second kappa shape index (κ2) is 7.23. The lowest BCUT2D eigenvalue weighted by atomic mass is 9.79. The molecule has 0 spiro atoms. The van der Waals surface area contributed by atoms with Crippen molar-refractivity contribution in [1.82, 2.24) is 5.32 Å². The first kappa shape index (κ1) is 17.2. The average Bonchev–Trinajstić information content (AvgIpc) is 2.34. The molecular formula is C16H29NO3. The minimum atomic E-state index is -0.412. The third kappa shape index (κ3) is 6.53. The maximum atomic E-state index is 11.6. The molecule has 1 N–H and O–H groups in total. The van der Waals surface area contributed by atoms with Crippen molar-refractivity contribution >= 4 is 5.97 Å². The van der Waals surface area contributed by atoms with E-state index >= 15 is 0 Å². The Morgan fingerprint density at radius 3 is 2.60 bits per heavy atom. The second-order valence-corrected chi connectivity index (χ2v) is 6.95. The fourth-order valence-corrected chi connectivity index (χ4v) is 2.27. The Morgan fingerprint density at radius 1 is 1.35 bits per heavy atom. The van der Waals surface area contributed by atoms with Crippen molar-refractivity contribution in [2.45, 2.75) is 53.1 Å². The van der Waals surface area contributed by atoms with Gasteiger partial charge in [0.15, 0.2) is 0 Å². The van der Waals surface area contributed by atoms with Crippen molar-refractivity contribution in [1.29, 1.82) is 0 Å². The van der Waals surface area contributed by atoms with E-state index in [-0.39, 0.29) is 17.9 Å². The molecule has 0 saturated carbocycles. The fourth-order valence-electron chi connectivity index (χ4n) is 2.27. The molecule has 1 aliphatic heterocycles. The van der Waals surface area contributed by atoms with Crippen LogP contribution in [0, 0.1) is 5.41 Å². The van der Waals surface area contributed by atoms with E-state index in [1.807, 2.05) is 20.8 Å². The smallest absolute Gasteiger partial charge is 0.320 e. The molecular weight excluding hydrogens is 254 g/mol. The lowest BCUT2D eigenvalue weighted by Crippen LogP contribution is -2.33. The zero-order valence-electron chi connectivity index (χ0n) is 13.5. The van der Waals surface area contributed by atoms with Crippen molar-refractivity contribution in [3.05, 3.63) is 11.6 Å². The van der Waals surface area contributed by atoms with E-state index in [2.05, 4.69) is 25.2 Å². The van der Waals surface area contributed by atoms with E-state index in [1.165, 1.54) is 5.57 Å². The third-order valence-corrected chi connectivity index (χ3v) is 3.45. The molecule has 1 heterocycles. The molecule has 0 aliphatic carbocycles. The lowest BCUT2D eigenvalue weighted by molar-refractivity contribution is -0.153. The van der Waals surface area contributed by atoms with Gasteiger partial charge in [0.1, 0.15) is 5.60 Å². The summed E-state index contributed by atoms with van der Waals surface area (Å²) >= 11 is 0. The van der Waals surface area contributed by atoms with Gasteiger partial charge in [0.05, 0.1) is 19.8 Å². The Balaban J connectivity index is 2.26. The molecule has 0 aromatic rings. The van der Waals surface area contributed by atoms with Gasteiger partial charge in [-0.15, -0.1) is 0 Å². The van der Waals surface area contributed by atoms with Crippen molar-refractivity contribution < 1.29 is 14.3 Å². The number of hydrogen-bond acceptors (Lipinski definition) is 4. The van der Waals surface area contributed by atoms with Crippen LogP contribution in [0.25, 0.3) is 0 Å². The van der Waals surface area contributed by atoms with E-state index < -0.39 is 5.60 Å². The summed E-state index contributed by atoms with van der Waals surface area (Å²) in [6, 6.07) is 0. The van der Waals surface area contributed by atoms with Crippen LogP contribution < -0.4 is 5.32 Å². The predicted molar refractivity (Wildman–Crippen MR) is 80.6 cm³/mol. The van der Waals surface area contributed by atoms with Gasteiger partial charge in [-0.05, 0) is 45.6 Å². The van der Waals surface area contributed by atoms with Crippen LogP contribution in [0.3, 0.4) is 0 Å². The van der Waals surface area contributed by atoms with Crippen molar-refractivity contribution in [3.8, 4) is 0 Å². The Bertz CT molecular complexity index is 353. The lowest BCUT2D eigenvalue weighted by Gasteiger charge is -2.30. The van der Waals surface area contributed by atoms with Crippen LogP contribution in [-0.4, -0.2) is 37.9 Å². The highest BCUT2D eigenvalue weighted by Gasteiger charge is 2.24. The average molecular weight is 283 g/mol. The standard InChI is InChI=1S/C16H29NO3/c1-15(2,3)20-14(18)12-17-9-8-16(4,5)13-6-10-19-11-7-13/h6,17H,7-12H2,1-5H3. The van der Waals surface area contributed by atoms with Gasteiger partial charge >= 0.3 is 5.97 Å². The summed E-state index contributed by atoms with van der Waals surface area (Å²) in [5.41, 5.74) is 1.21. The van der Waals surface area contributed by atoms with Crippen LogP contribution in [0.5, 0.6) is 0 Å². The van der Waals surface area contributed by atoms with Gasteiger partial charge in [-0.25, -0.2) is 0 Å². The SMILES string of the molecule is CC(C)(C)OC(=O)CNCCC(C)(C)C1=CCOCC1. The molecule has 116 valence electrons. The summed E-state index contributed by atoms with van der Waals surface area (Å²) in [6.07, 6.45) is 4.21. The van der Waals surface area contributed by atoms with E-state index in [0.717, 1.165) is 32.6 Å². The molecule has 0 aromatic heterocycles. The van der Waals surface area contributed by atoms with E-state index in [4.69, 9.17) is 9.47 Å². The van der Waals surface area contributed by atoms with Gasteiger partial charge in [-0.1, -0.05) is 25.5 Å². The Morgan fingerprint density at radius 2 is 2.05 bits per heavy atom. The van der Waals surface area contributed by atoms with Gasteiger partial charge < -0.3 is 14.8 Å². The number of ether oxygens (including phenoxy) is 2. The Kier molecular flexibility index (Phi) is 6.21. The maximum absolute atomic E-state index is 11.6. The van der Waals surface area contributed by atoms with E-state index in [1.54, 1.807) is 0 Å². The molecule has 0 aromatic carbocycles. The van der Waals surface area contributed by atoms with Crippen LogP contribution in [0.1, 0.15) is 47.5 Å².